The average molecular weight is 296 g/mol. The molecule has 2 atom stereocenters. The lowest BCUT2D eigenvalue weighted by atomic mass is 10.1. The molecule has 0 aromatic heterocycles. The zero-order valence-corrected chi connectivity index (χ0v) is 12.8. The number of likely N-dealkylation sites (tertiary alicyclic amines) is 1. The van der Waals surface area contributed by atoms with Crippen molar-refractivity contribution in [1.29, 1.82) is 0 Å². The second-order valence-electron chi connectivity index (χ2n) is 5.67. The van der Waals surface area contributed by atoms with Crippen molar-refractivity contribution in [3.05, 3.63) is 29.3 Å². The lowest BCUT2D eigenvalue weighted by molar-refractivity contribution is 0.0743. The van der Waals surface area contributed by atoms with Crippen molar-refractivity contribution in [2.24, 2.45) is 11.1 Å². The Labute approximate surface area is 119 Å². The van der Waals surface area contributed by atoms with Crippen LogP contribution in [0.1, 0.15) is 36.2 Å². The number of primary sulfonamides is 1. The molecule has 0 saturated carbocycles. The van der Waals surface area contributed by atoms with Crippen LogP contribution >= 0.6 is 0 Å². The van der Waals surface area contributed by atoms with Crippen LogP contribution in [0.25, 0.3) is 0 Å². The molecule has 20 heavy (non-hydrogen) atoms. The Morgan fingerprint density at radius 3 is 2.50 bits per heavy atom. The fourth-order valence-electron chi connectivity index (χ4n) is 2.79. The predicted molar refractivity (Wildman–Crippen MR) is 76.8 cm³/mol. The van der Waals surface area contributed by atoms with E-state index in [-0.39, 0.29) is 16.8 Å². The van der Waals surface area contributed by atoms with E-state index in [1.54, 1.807) is 24.0 Å². The maximum atomic E-state index is 12.5. The summed E-state index contributed by atoms with van der Waals surface area (Å²) in [6, 6.07) is 4.83. The number of aryl methyl sites for hydroxylation is 1. The highest BCUT2D eigenvalue weighted by Gasteiger charge is 2.31. The van der Waals surface area contributed by atoms with Crippen molar-refractivity contribution in [1.82, 2.24) is 4.90 Å². The summed E-state index contributed by atoms with van der Waals surface area (Å²) in [7, 11) is -3.81. The minimum atomic E-state index is -3.81. The molecule has 1 aromatic carbocycles. The van der Waals surface area contributed by atoms with Crippen LogP contribution in [-0.4, -0.2) is 31.8 Å². The predicted octanol–water partition coefficient (Wildman–Crippen LogP) is 1.51. The summed E-state index contributed by atoms with van der Waals surface area (Å²) in [5, 5.41) is 5.18. The smallest absolute Gasteiger partial charge is 0.254 e. The number of hydrogen-bond acceptors (Lipinski definition) is 3. The Bertz CT molecular complexity index is 640. The van der Waals surface area contributed by atoms with Crippen LogP contribution in [0.5, 0.6) is 0 Å². The molecular formula is C14H20N2O3S. The number of benzene rings is 1. The van der Waals surface area contributed by atoms with Crippen molar-refractivity contribution in [2.75, 3.05) is 6.54 Å². The summed E-state index contributed by atoms with van der Waals surface area (Å²) >= 11 is 0. The van der Waals surface area contributed by atoms with Gasteiger partial charge in [0.25, 0.3) is 5.91 Å². The SMILES string of the molecule is Cc1ccc(C(=O)N2CC(C)CC2C)cc1S(N)(=O)=O. The Balaban J connectivity index is 2.37. The van der Waals surface area contributed by atoms with Gasteiger partial charge in [-0.25, -0.2) is 13.6 Å². The monoisotopic (exact) mass is 296 g/mol. The first-order chi connectivity index (χ1) is 9.20. The molecule has 0 spiro atoms. The molecule has 1 amide bonds. The lowest BCUT2D eigenvalue weighted by Gasteiger charge is -2.22. The molecule has 0 bridgehead atoms. The molecule has 1 saturated heterocycles. The third-order valence-electron chi connectivity index (χ3n) is 3.79. The van der Waals surface area contributed by atoms with Gasteiger partial charge >= 0.3 is 0 Å². The van der Waals surface area contributed by atoms with Crippen molar-refractivity contribution in [3.8, 4) is 0 Å². The van der Waals surface area contributed by atoms with Crippen LogP contribution in [-0.2, 0) is 10.0 Å². The molecule has 1 heterocycles. The summed E-state index contributed by atoms with van der Waals surface area (Å²) < 4.78 is 23.0. The van der Waals surface area contributed by atoms with Crippen molar-refractivity contribution in [3.63, 3.8) is 0 Å². The number of carbonyl (C=O) groups excluding carboxylic acids is 1. The molecule has 2 N–H and O–H groups in total. The minimum absolute atomic E-state index is 0.0169. The largest absolute Gasteiger partial charge is 0.336 e. The molecular weight excluding hydrogens is 276 g/mol. The van der Waals surface area contributed by atoms with Crippen LogP contribution in [0.3, 0.4) is 0 Å². The molecule has 0 radical (unpaired) electrons. The zero-order chi connectivity index (χ0) is 15.1. The third-order valence-corrected chi connectivity index (χ3v) is 4.84. The first-order valence-electron chi connectivity index (χ1n) is 6.64. The molecule has 110 valence electrons. The van der Waals surface area contributed by atoms with E-state index in [9.17, 15) is 13.2 Å². The Hall–Kier alpha value is -1.40. The highest BCUT2D eigenvalue weighted by Crippen LogP contribution is 2.25. The molecule has 1 fully saturated rings. The number of carbonyl (C=O) groups is 1. The third kappa shape index (κ3) is 2.86. The van der Waals surface area contributed by atoms with E-state index in [1.807, 2.05) is 6.92 Å². The molecule has 1 aliphatic heterocycles. The molecule has 1 aliphatic rings. The summed E-state index contributed by atoms with van der Waals surface area (Å²) in [6.45, 7) is 6.48. The van der Waals surface area contributed by atoms with Gasteiger partial charge in [0.05, 0.1) is 4.90 Å². The fourth-order valence-corrected chi connectivity index (χ4v) is 3.60. The van der Waals surface area contributed by atoms with Gasteiger partial charge in [-0.05, 0) is 43.9 Å². The Morgan fingerprint density at radius 2 is 2.00 bits per heavy atom. The number of hydrogen-bond donors (Lipinski definition) is 1. The number of rotatable bonds is 2. The van der Waals surface area contributed by atoms with Crippen molar-refractivity contribution in [2.45, 2.75) is 38.1 Å². The fraction of sp³-hybridized carbons (Fsp3) is 0.500. The lowest BCUT2D eigenvalue weighted by Crippen LogP contribution is -2.34. The van der Waals surface area contributed by atoms with E-state index in [4.69, 9.17) is 5.14 Å². The molecule has 2 rings (SSSR count). The average Bonchev–Trinajstić information content (AvgIpc) is 2.66. The van der Waals surface area contributed by atoms with Crippen molar-refractivity contribution < 1.29 is 13.2 Å². The Kier molecular flexibility index (Phi) is 3.88. The van der Waals surface area contributed by atoms with Gasteiger partial charge in [-0.3, -0.25) is 4.79 Å². The van der Waals surface area contributed by atoms with Gasteiger partial charge in [0.2, 0.25) is 10.0 Å². The van der Waals surface area contributed by atoms with E-state index in [0.717, 1.165) is 6.42 Å². The standard InChI is InChI=1S/C14H20N2O3S/c1-9-6-11(3)16(8-9)14(17)12-5-4-10(2)13(7-12)20(15,18)19/h4-5,7,9,11H,6,8H2,1-3H3,(H2,15,18,19). The number of nitrogens with two attached hydrogens (primary N) is 1. The summed E-state index contributed by atoms with van der Waals surface area (Å²) in [4.78, 5) is 14.3. The van der Waals surface area contributed by atoms with Gasteiger partial charge in [0.1, 0.15) is 0 Å². The van der Waals surface area contributed by atoms with Crippen LogP contribution in [0.2, 0.25) is 0 Å². The zero-order valence-electron chi connectivity index (χ0n) is 12.0. The van der Waals surface area contributed by atoms with Gasteiger partial charge < -0.3 is 4.90 Å². The summed E-state index contributed by atoms with van der Waals surface area (Å²) in [5.74, 6) is 0.337. The quantitative estimate of drug-likeness (QED) is 0.898. The second kappa shape index (κ2) is 5.18. The van der Waals surface area contributed by atoms with Gasteiger partial charge in [-0.15, -0.1) is 0 Å². The highest BCUT2D eigenvalue weighted by molar-refractivity contribution is 7.89. The topological polar surface area (TPSA) is 80.5 Å². The van der Waals surface area contributed by atoms with E-state index in [2.05, 4.69) is 6.92 Å². The minimum Gasteiger partial charge on any atom is -0.336 e. The van der Waals surface area contributed by atoms with Crippen molar-refractivity contribution >= 4 is 15.9 Å². The molecule has 2 unspecified atom stereocenters. The van der Waals surface area contributed by atoms with E-state index >= 15 is 0 Å². The second-order valence-corrected chi connectivity index (χ2v) is 7.20. The van der Waals surface area contributed by atoms with Gasteiger partial charge in [-0.2, -0.15) is 0 Å². The first kappa shape index (κ1) is 15.0. The summed E-state index contributed by atoms with van der Waals surface area (Å²) in [5.41, 5.74) is 0.924. The number of sulfonamides is 1. The molecule has 0 aliphatic carbocycles. The first-order valence-corrected chi connectivity index (χ1v) is 8.19. The van der Waals surface area contributed by atoms with Gasteiger partial charge in [0, 0.05) is 18.2 Å². The maximum Gasteiger partial charge on any atom is 0.254 e. The van der Waals surface area contributed by atoms with E-state index in [1.165, 1.54) is 6.07 Å². The molecule has 6 heteroatoms. The van der Waals surface area contributed by atoms with Crippen LogP contribution < -0.4 is 5.14 Å². The van der Waals surface area contributed by atoms with Crippen LogP contribution in [0.4, 0.5) is 0 Å². The number of nitrogens with zero attached hydrogens (tertiary/aromatic N) is 1. The molecule has 1 aromatic rings. The van der Waals surface area contributed by atoms with E-state index in [0.29, 0.717) is 23.6 Å². The highest BCUT2D eigenvalue weighted by atomic mass is 32.2. The molecule has 5 nitrogen and oxygen atoms in total. The normalized spacial score (nSPS) is 23.1. The Morgan fingerprint density at radius 1 is 1.35 bits per heavy atom. The summed E-state index contributed by atoms with van der Waals surface area (Å²) in [6.07, 6.45) is 0.972. The maximum absolute atomic E-state index is 12.5. The van der Waals surface area contributed by atoms with Gasteiger partial charge in [-0.1, -0.05) is 13.0 Å². The number of amides is 1. The van der Waals surface area contributed by atoms with Gasteiger partial charge in [0.15, 0.2) is 0 Å². The van der Waals surface area contributed by atoms with Crippen LogP contribution in [0.15, 0.2) is 23.1 Å². The van der Waals surface area contributed by atoms with Crippen LogP contribution in [0, 0.1) is 12.8 Å². The van der Waals surface area contributed by atoms with E-state index < -0.39 is 10.0 Å².